The molecule has 4 aromatic rings. The molecule has 0 spiro atoms. The number of benzene rings is 4. The summed E-state index contributed by atoms with van der Waals surface area (Å²) in [4.78, 5) is 4.67. The van der Waals surface area contributed by atoms with Crippen LogP contribution in [0, 0.1) is 6.92 Å². The molecule has 0 saturated carbocycles. The van der Waals surface area contributed by atoms with Crippen LogP contribution in [0.25, 0.3) is 0 Å². The largest absolute Gasteiger partial charge is 0.488 e. The average molecular weight is 409 g/mol. The fraction of sp³-hybridized carbons (Fsp3) is 0.0741. The van der Waals surface area contributed by atoms with Crippen LogP contribution in [0.2, 0.25) is 0 Å². The Morgan fingerprint density at radius 1 is 0.767 bits per heavy atom. The van der Waals surface area contributed by atoms with Crippen molar-refractivity contribution in [2.24, 2.45) is 4.99 Å². The van der Waals surface area contributed by atoms with E-state index >= 15 is 0 Å². The molecule has 148 valence electrons. The molecule has 0 aliphatic carbocycles. The van der Waals surface area contributed by atoms with Crippen molar-refractivity contribution < 1.29 is 4.74 Å². The number of hydrogen-bond donors (Lipinski definition) is 0. The highest BCUT2D eigenvalue weighted by atomic mass is 31.1. The van der Waals surface area contributed by atoms with Crippen LogP contribution in [0.4, 0.5) is 5.69 Å². The van der Waals surface area contributed by atoms with Crippen LogP contribution in [0.3, 0.4) is 0 Å². The van der Waals surface area contributed by atoms with Crippen LogP contribution >= 0.6 is 8.58 Å². The third-order valence-corrected chi connectivity index (χ3v) is 6.41. The van der Waals surface area contributed by atoms with Gasteiger partial charge >= 0.3 is 0 Å². The Hall–Kier alpha value is -3.22. The number of ether oxygens (including phenoxy) is 1. The first-order valence-electron chi connectivity index (χ1n) is 10.0. The van der Waals surface area contributed by atoms with E-state index in [1.165, 1.54) is 21.7 Å². The molecule has 4 aromatic carbocycles. The minimum Gasteiger partial charge on any atom is -0.488 e. The molecule has 0 heterocycles. The van der Waals surface area contributed by atoms with Crippen molar-refractivity contribution in [1.82, 2.24) is 0 Å². The monoisotopic (exact) mass is 409 g/mol. The Labute approximate surface area is 180 Å². The summed E-state index contributed by atoms with van der Waals surface area (Å²) in [6.45, 7) is 2.73. The van der Waals surface area contributed by atoms with Gasteiger partial charge < -0.3 is 4.74 Å². The predicted molar refractivity (Wildman–Crippen MR) is 130 cm³/mol. The minimum atomic E-state index is 0.492. The second kappa shape index (κ2) is 10.0. The number of aryl methyl sites for hydroxylation is 1. The number of aliphatic imine (C=N–C) groups is 1. The molecule has 2 nitrogen and oxygen atoms in total. The van der Waals surface area contributed by atoms with E-state index in [-0.39, 0.29) is 0 Å². The Balaban J connectivity index is 1.58. The van der Waals surface area contributed by atoms with Gasteiger partial charge in [-0.1, -0.05) is 93.5 Å². The van der Waals surface area contributed by atoms with Crippen LogP contribution in [-0.2, 0) is 6.61 Å². The van der Waals surface area contributed by atoms with E-state index in [0.29, 0.717) is 15.2 Å². The lowest BCUT2D eigenvalue weighted by atomic mass is 10.1. The molecule has 0 fully saturated rings. The van der Waals surface area contributed by atoms with Gasteiger partial charge in [0.1, 0.15) is 12.4 Å². The smallest absolute Gasteiger partial charge is 0.127 e. The van der Waals surface area contributed by atoms with Crippen molar-refractivity contribution in [2.45, 2.75) is 13.5 Å². The van der Waals surface area contributed by atoms with Crippen molar-refractivity contribution in [1.29, 1.82) is 0 Å². The van der Waals surface area contributed by atoms with E-state index < -0.39 is 0 Å². The van der Waals surface area contributed by atoms with Gasteiger partial charge in [-0.15, -0.1) is 0 Å². The summed E-state index contributed by atoms with van der Waals surface area (Å²) in [5.74, 6) is 0.939. The van der Waals surface area contributed by atoms with E-state index in [1.54, 1.807) is 0 Å². The van der Waals surface area contributed by atoms with E-state index in [9.17, 15) is 0 Å². The third kappa shape index (κ3) is 5.23. The number of nitrogens with zero attached hydrogens (tertiary/aromatic N) is 1. The van der Waals surface area contributed by atoms with Crippen molar-refractivity contribution in [2.75, 3.05) is 0 Å². The molecule has 3 heteroatoms. The average Bonchev–Trinajstić information content (AvgIpc) is 2.80. The van der Waals surface area contributed by atoms with Gasteiger partial charge in [0.05, 0.1) is 5.69 Å². The van der Waals surface area contributed by atoms with E-state index in [1.807, 2.05) is 60.8 Å². The summed E-state index contributed by atoms with van der Waals surface area (Å²) in [6, 6.07) is 35.0. The maximum atomic E-state index is 6.18. The lowest BCUT2D eigenvalue weighted by Gasteiger charge is -2.14. The second-order valence-corrected chi connectivity index (χ2v) is 8.32. The fourth-order valence-electron chi connectivity index (χ4n) is 3.19. The van der Waals surface area contributed by atoms with Gasteiger partial charge in [-0.2, -0.15) is 0 Å². The Morgan fingerprint density at radius 2 is 1.47 bits per heavy atom. The third-order valence-electron chi connectivity index (χ3n) is 4.80. The van der Waals surface area contributed by atoms with E-state index in [2.05, 4.69) is 60.4 Å². The Kier molecular flexibility index (Phi) is 6.69. The van der Waals surface area contributed by atoms with Gasteiger partial charge in [0.15, 0.2) is 0 Å². The highest BCUT2D eigenvalue weighted by Crippen LogP contribution is 2.23. The first-order chi connectivity index (χ1) is 14.8. The molecule has 0 aromatic heterocycles. The van der Waals surface area contributed by atoms with Crippen LogP contribution in [0.1, 0.15) is 16.7 Å². The molecule has 1 atom stereocenters. The van der Waals surface area contributed by atoms with Gasteiger partial charge in [-0.3, -0.25) is 4.99 Å². The molecule has 1 unspecified atom stereocenters. The van der Waals surface area contributed by atoms with Crippen molar-refractivity contribution in [3.05, 3.63) is 120 Å². The summed E-state index contributed by atoms with van der Waals surface area (Å²) < 4.78 is 6.18. The quantitative estimate of drug-likeness (QED) is 0.273. The van der Waals surface area contributed by atoms with Gasteiger partial charge in [0.2, 0.25) is 0 Å². The van der Waals surface area contributed by atoms with Crippen LogP contribution in [0.5, 0.6) is 5.75 Å². The number of rotatable bonds is 7. The molecule has 0 saturated heterocycles. The zero-order chi connectivity index (χ0) is 20.6. The first-order valence-corrected chi connectivity index (χ1v) is 11.0. The van der Waals surface area contributed by atoms with Gasteiger partial charge in [0.25, 0.3) is 0 Å². The van der Waals surface area contributed by atoms with E-state index in [4.69, 9.17) is 4.74 Å². The van der Waals surface area contributed by atoms with Crippen LogP contribution < -0.4 is 15.3 Å². The molecule has 4 rings (SSSR count). The van der Waals surface area contributed by atoms with Crippen molar-refractivity contribution >= 4 is 31.1 Å². The Morgan fingerprint density at radius 3 is 2.27 bits per heavy atom. The normalized spacial score (nSPS) is 11.4. The lowest BCUT2D eigenvalue weighted by Crippen LogP contribution is -2.14. The maximum Gasteiger partial charge on any atom is 0.127 e. The molecule has 30 heavy (non-hydrogen) atoms. The van der Waals surface area contributed by atoms with Gasteiger partial charge in [-0.25, -0.2) is 0 Å². The van der Waals surface area contributed by atoms with Crippen molar-refractivity contribution in [3.8, 4) is 5.75 Å². The molecule has 0 N–H and O–H groups in total. The summed E-state index contributed by atoms with van der Waals surface area (Å²) in [6.07, 6.45) is 1.97. The van der Waals surface area contributed by atoms with Crippen LogP contribution in [0.15, 0.2) is 108 Å². The number of hydrogen-bond acceptors (Lipinski definition) is 2. The zero-order valence-electron chi connectivity index (χ0n) is 17.0. The van der Waals surface area contributed by atoms with Crippen molar-refractivity contribution in [3.63, 3.8) is 0 Å². The molecule has 0 radical (unpaired) electrons. The lowest BCUT2D eigenvalue weighted by molar-refractivity contribution is 0.309. The SMILES string of the molecule is Cc1cccc(/C=N/c2ccccc2)c1Pc1ccccc1OCc1ccccc1. The van der Waals surface area contributed by atoms with Crippen LogP contribution in [-0.4, -0.2) is 6.21 Å². The molecular weight excluding hydrogens is 385 g/mol. The maximum absolute atomic E-state index is 6.18. The first kappa shape index (κ1) is 20.1. The highest BCUT2D eigenvalue weighted by molar-refractivity contribution is 7.56. The summed E-state index contributed by atoms with van der Waals surface area (Å²) >= 11 is 0. The van der Waals surface area contributed by atoms with Gasteiger partial charge in [0, 0.05) is 17.1 Å². The molecular formula is C27H24NOP. The molecule has 0 aliphatic rings. The summed E-state index contributed by atoms with van der Waals surface area (Å²) in [5.41, 5.74) is 4.54. The summed E-state index contributed by atoms with van der Waals surface area (Å²) in [5, 5.41) is 2.50. The Bertz CT molecular complexity index is 1120. The predicted octanol–water partition coefficient (Wildman–Crippen LogP) is 5.95. The van der Waals surface area contributed by atoms with Gasteiger partial charge in [-0.05, 0) is 41.6 Å². The fourth-order valence-corrected chi connectivity index (χ4v) is 4.49. The van der Waals surface area contributed by atoms with E-state index in [0.717, 1.165) is 17.0 Å². The summed E-state index contributed by atoms with van der Waals surface area (Å²) in [7, 11) is 0.492. The number of para-hydroxylation sites is 2. The molecule has 0 amide bonds. The second-order valence-electron chi connectivity index (χ2n) is 7.03. The standard InChI is InChI=1S/C27H24NOP/c1-21-11-10-14-23(19-28-24-15-6-3-7-16-24)27(21)30-26-18-9-8-17-25(26)29-20-22-12-4-2-5-13-22/h2-19,30H,20H2,1H3/b28-19+. The topological polar surface area (TPSA) is 21.6 Å². The minimum absolute atomic E-state index is 0.492. The molecule has 0 aliphatic heterocycles. The zero-order valence-corrected chi connectivity index (χ0v) is 18.0. The molecule has 0 bridgehead atoms. The highest BCUT2D eigenvalue weighted by Gasteiger charge is 2.10.